The van der Waals surface area contributed by atoms with E-state index in [0.717, 1.165) is 64.2 Å². The van der Waals surface area contributed by atoms with Gasteiger partial charge in [0, 0.05) is 38.1 Å². The summed E-state index contributed by atoms with van der Waals surface area (Å²) in [6.07, 6.45) is 6.62. The fourth-order valence-electron chi connectivity index (χ4n) is 4.09. The molecule has 2 aliphatic rings. The largest absolute Gasteiger partial charge is 0.381 e. The zero-order valence-corrected chi connectivity index (χ0v) is 19.5. The average molecular weight is 478 g/mol. The number of halogens is 2. The Labute approximate surface area is 198 Å². The lowest BCUT2D eigenvalue weighted by Crippen LogP contribution is -2.31. The quantitative estimate of drug-likeness (QED) is 0.562. The predicted molar refractivity (Wildman–Crippen MR) is 128 cm³/mol. The van der Waals surface area contributed by atoms with E-state index >= 15 is 0 Å². The molecule has 0 aromatic carbocycles. The number of carbonyl (C=O) groups excluding carboxylic acids is 1. The predicted octanol–water partition coefficient (Wildman–Crippen LogP) is 4.62. The number of pyridine rings is 2. The smallest absolute Gasteiger partial charge is 0.229 e. The number of aromatic nitrogens is 2. The van der Waals surface area contributed by atoms with Crippen molar-refractivity contribution < 1.29 is 9.53 Å². The molecular formula is C23H29Cl2N5O2. The Morgan fingerprint density at radius 1 is 1.12 bits per heavy atom. The van der Waals surface area contributed by atoms with Crippen LogP contribution in [-0.2, 0) is 9.53 Å². The molecule has 0 aliphatic carbocycles. The van der Waals surface area contributed by atoms with Crippen molar-refractivity contribution in [2.75, 3.05) is 43.5 Å². The van der Waals surface area contributed by atoms with Crippen LogP contribution in [0.4, 0.5) is 11.6 Å². The van der Waals surface area contributed by atoms with Crippen molar-refractivity contribution in [3.05, 3.63) is 34.4 Å². The third-order valence-electron chi connectivity index (χ3n) is 6.04. The summed E-state index contributed by atoms with van der Waals surface area (Å²) in [5, 5.41) is 10.6. The number of hydrogen-bond donors (Lipinski definition) is 3. The topological polar surface area (TPSA) is 88.2 Å². The normalized spacial score (nSPS) is 19.9. The molecule has 0 radical (unpaired) electrons. The van der Waals surface area contributed by atoms with Gasteiger partial charge in [0.1, 0.15) is 11.6 Å². The van der Waals surface area contributed by atoms with Crippen LogP contribution in [-0.4, -0.2) is 48.7 Å². The molecule has 2 aliphatic heterocycles. The minimum Gasteiger partial charge on any atom is -0.381 e. The van der Waals surface area contributed by atoms with Gasteiger partial charge in [-0.3, -0.25) is 4.79 Å². The second-order valence-corrected chi connectivity index (χ2v) is 9.21. The number of nitrogens with one attached hydrogen (secondary N) is 3. The number of anilines is 2. The van der Waals surface area contributed by atoms with Crippen LogP contribution in [0.5, 0.6) is 0 Å². The summed E-state index contributed by atoms with van der Waals surface area (Å²) in [6.45, 7) is 4.09. The van der Waals surface area contributed by atoms with Crippen molar-refractivity contribution in [2.24, 2.45) is 11.8 Å². The molecule has 0 saturated carbocycles. The van der Waals surface area contributed by atoms with Gasteiger partial charge in [-0.05, 0) is 56.3 Å². The van der Waals surface area contributed by atoms with Crippen LogP contribution in [0.2, 0.25) is 10.0 Å². The SMILES string of the molecule is O=C(Nc1cc(-c2nc(NCC3CCOCC3)ccc2Cl)c(Cl)cn1)C1CCCCNC1. The summed E-state index contributed by atoms with van der Waals surface area (Å²) in [6, 6.07) is 5.41. The van der Waals surface area contributed by atoms with E-state index in [0.29, 0.717) is 39.6 Å². The Morgan fingerprint density at radius 3 is 2.81 bits per heavy atom. The average Bonchev–Trinajstić information content (AvgIpc) is 3.10. The molecule has 1 atom stereocenters. The van der Waals surface area contributed by atoms with Gasteiger partial charge < -0.3 is 20.7 Å². The number of hydrogen-bond acceptors (Lipinski definition) is 6. The van der Waals surface area contributed by atoms with E-state index < -0.39 is 0 Å². The maximum absolute atomic E-state index is 12.7. The van der Waals surface area contributed by atoms with Gasteiger partial charge in [-0.2, -0.15) is 0 Å². The number of ether oxygens (including phenoxy) is 1. The van der Waals surface area contributed by atoms with Crippen LogP contribution >= 0.6 is 23.2 Å². The molecule has 2 aromatic rings. The molecule has 32 heavy (non-hydrogen) atoms. The van der Waals surface area contributed by atoms with Crippen LogP contribution in [0.3, 0.4) is 0 Å². The first-order valence-electron chi connectivity index (χ1n) is 11.3. The Hall–Kier alpha value is -1.93. The Bertz CT molecular complexity index is 929. The van der Waals surface area contributed by atoms with E-state index in [1.54, 1.807) is 6.07 Å². The van der Waals surface area contributed by atoms with Crippen molar-refractivity contribution in [3.8, 4) is 11.3 Å². The van der Waals surface area contributed by atoms with Crippen LogP contribution in [0, 0.1) is 11.8 Å². The van der Waals surface area contributed by atoms with Crippen LogP contribution in [0.15, 0.2) is 24.4 Å². The van der Waals surface area contributed by atoms with Gasteiger partial charge in [0.25, 0.3) is 0 Å². The molecule has 2 fully saturated rings. The molecule has 4 heterocycles. The van der Waals surface area contributed by atoms with Crippen LogP contribution in [0.25, 0.3) is 11.3 Å². The molecule has 3 N–H and O–H groups in total. The summed E-state index contributed by atoms with van der Waals surface area (Å²) in [7, 11) is 0. The number of amides is 1. The third-order valence-corrected chi connectivity index (χ3v) is 6.64. The fourth-order valence-corrected chi connectivity index (χ4v) is 4.49. The van der Waals surface area contributed by atoms with E-state index in [4.69, 9.17) is 32.9 Å². The third kappa shape index (κ3) is 6.10. The van der Waals surface area contributed by atoms with Gasteiger partial charge in [0.05, 0.1) is 21.7 Å². The van der Waals surface area contributed by atoms with Crippen molar-refractivity contribution in [1.82, 2.24) is 15.3 Å². The van der Waals surface area contributed by atoms with Crippen LogP contribution in [0.1, 0.15) is 32.1 Å². The van der Waals surface area contributed by atoms with Gasteiger partial charge in [-0.1, -0.05) is 29.6 Å². The van der Waals surface area contributed by atoms with E-state index in [-0.39, 0.29) is 11.8 Å². The number of nitrogens with zero attached hydrogens (tertiary/aromatic N) is 2. The summed E-state index contributed by atoms with van der Waals surface area (Å²) in [4.78, 5) is 21.7. The summed E-state index contributed by atoms with van der Waals surface area (Å²) in [5.74, 6) is 1.63. The van der Waals surface area contributed by atoms with E-state index in [1.165, 1.54) is 6.20 Å². The Kier molecular flexibility index (Phi) is 8.19. The highest BCUT2D eigenvalue weighted by Gasteiger charge is 2.21. The van der Waals surface area contributed by atoms with Crippen molar-refractivity contribution in [2.45, 2.75) is 32.1 Å². The first-order chi connectivity index (χ1) is 15.6. The molecular weight excluding hydrogens is 449 g/mol. The minimum atomic E-state index is -0.0714. The zero-order chi connectivity index (χ0) is 22.3. The lowest BCUT2D eigenvalue weighted by atomic mass is 10.0. The summed E-state index contributed by atoms with van der Waals surface area (Å²) in [5.41, 5.74) is 1.19. The molecule has 0 bridgehead atoms. The summed E-state index contributed by atoms with van der Waals surface area (Å²) < 4.78 is 5.43. The molecule has 172 valence electrons. The maximum atomic E-state index is 12.7. The van der Waals surface area contributed by atoms with Crippen LogP contribution < -0.4 is 16.0 Å². The Morgan fingerprint density at radius 2 is 1.97 bits per heavy atom. The van der Waals surface area contributed by atoms with Gasteiger partial charge in [0.15, 0.2) is 0 Å². The second kappa shape index (κ2) is 11.3. The monoisotopic (exact) mass is 477 g/mol. The summed E-state index contributed by atoms with van der Waals surface area (Å²) >= 11 is 12.9. The van der Waals surface area contributed by atoms with E-state index in [1.807, 2.05) is 12.1 Å². The maximum Gasteiger partial charge on any atom is 0.229 e. The minimum absolute atomic E-state index is 0.0360. The molecule has 0 spiro atoms. The second-order valence-electron chi connectivity index (χ2n) is 8.40. The first kappa shape index (κ1) is 23.2. The van der Waals surface area contributed by atoms with E-state index in [9.17, 15) is 4.79 Å². The highest BCUT2D eigenvalue weighted by molar-refractivity contribution is 6.36. The van der Waals surface area contributed by atoms with Crippen molar-refractivity contribution in [3.63, 3.8) is 0 Å². The molecule has 2 saturated heterocycles. The van der Waals surface area contributed by atoms with Crippen molar-refractivity contribution >= 4 is 40.7 Å². The van der Waals surface area contributed by atoms with Crippen molar-refractivity contribution in [1.29, 1.82) is 0 Å². The molecule has 1 unspecified atom stereocenters. The van der Waals surface area contributed by atoms with Gasteiger partial charge >= 0.3 is 0 Å². The molecule has 2 aromatic heterocycles. The number of carbonyl (C=O) groups is 1. The standard InChI is InChI=1S/C23H29Cl2N5O2/c24-18-4-5-20(27-12-15-6-9-32-10-7-15)29-22(18)17-11-21(28-14-19(17)25)30-23(31)16-3-1-2-8-26-13-16/h4-5,11,14-16,26H,1-3,6-10,12-13H2,(H,27,29)(H,28,30,31). The lowest BCUT2D eigenvalue weighted by Gasteiger charge is -2.22. The van der Waals surface area contributed by atoms with Gasteiger partial charge in [-0.15, -0.1) is 0 Å². The Balaban J connectivity index is 1.49. The molecule has 4 rings (SSSR count). The lowest BCUT2D eigenvalue weighted by molar-refractivity contribution is -0.119. The highest BCUT2D eigenvalue weighted by atomic mass is 35.5. The first-order valence-corrected chi connectivity index (χ1v) is 12.0. The zero-order valence-electron chi connectivity index (χ0n) is 18.0. The van der Waals surface area contributed by atoms with E-state index in [2.05, 4.69) is 20.9 Å². The molecule has 1 amide bonds. The number of rotatable bonds is 6. The van der Waals surface area contributed by atoms with Gasteiger partial charge in [0.2, 0.25) is 5.91 Å². The van der Waals surface area contributed by atoms with Gasteiger partial charge in [-0.25, -0.2) is 9.97 Å². The molecule has 9 heteroatoms. The molecule has 7 nitrogen and oxygen atoms in total. The highest BCUT2D eigenvalue weighted by Crippen LogP contribution is 2.34. The fraction of sp³-hybridized carbons (Fsp3) is 0.522.